The second-order valence-corrected chi connectivity index (χ2v) is 4.34. The molecule has 0 bridgehead atoms. The fraction of sp³-hybridized carbons (Fsp3) is 0.429. The Balaban J connectivity index is 0. The normalized spacial score (nSPS) is 16.3. The third-order valence-corrected chi connectivity index (χ3v) is 3.00. The van der Waals surface area contributed by atoms with E-state index in [1.165, 1.54) is 31.2 Å². The molecule has 0 saturated heterocycles. The van der Waals surface area contributed by atoms with Crippen LogP contribution in [0.4, 0.5) is 0 Å². The first-order valence-electron chi connectivity index (χ1n) is 5.11. The van der Waals surface area contributed by atoms with Crippen LogP contribution < -0.4 is 51.4 Å². The summed E-state index contributed by atoms with van der Waals surface area (Å²) < 4.78 is 0. The van der Waals surface area contributed by atoms with Gasteiger partial charge in [-0.3, -0.25) is 0 Å². The zero-order valence-corrected chi connectivity index (χ0v) is 18.1. The van der Waals surface area contributed by atoms with Crippen molar-refractivity contribution < 1.29 is 78.7 Å². The molecule has 0 spiro atoms. The van der Waals surface area contributed by atoms with Crippen molar-refractivity contribution in [3.05, 3.63) is 49.7 Å². The molecule has 1 aromatic carbocycles. The van der Waals surface area contributed by atoms with Gasteiger partial charge in [-0.15, -0.1) is 0 Å². The van der Waals surface area contributed by atoms with Crippen molar-refractivity contribution in [2.24, 2.45) is 5.41 Å². The fourth-order valence-electron chi connectivity index (χ4n) is 2.23. The van der Waals surface area contributed by atoms with Crippen LogP contribution in [0, 0.1) is 25.3 Å². The van der Waals surface area contributed by atoms with Crippen molar-refractivity contribution in [1.82, 2.24) is 0 Å². The Kier molecular flexibility index (Phi) is 11.9. The molecule has 0 radical (unpaired) electrons. The molecule has 0 N–H and O–H groups in total. The standard InChI is InChI=1S/C13H16.CH3.Cd.K/c1-13(9-5-6-10-13)11-12-7-3-2-4-8-12;;;/h3-4,7-8,11H,5-6,9-10H2,1H3;1H3;;/q-2;-1;;+1. The van der Waals surface area contributed by atoms with Crippen molar-refractivity contribution >= 4 is 0 Å². The van der Waals surface area contributed by atoms with Crippen LogP contribution in [0.15, 0.2) is 24.3 Å². The molecule has 2 rings (SSSR count). The van der Waals surface area contributed by atoms with Crippen LogP contribution in [0.2, 0.25) is 0 Å². The van der Waals surface area contributed by atoms with Crippen LogP contribution in [-0.4, -0.2) is 0 Å². The molecular formula is C14H19CdK-2. The summed E-state index contributed by atoms with van der Waals surface area (Å²) in [6.45, 7) is 2.37. The Bertz CT molecular complexity index is 265. The van der Waals surface area contributed by atoms with Gasteiger partial charge >= 0.3 is 51.4 Å². The second kappa shape index (κ2) is 9.56. The van der Waals surface area contributed by atoms with Gasteiger partial charge in [-0.1, -0.05) is 38.0 Å². The molecule has 0 atom stereocenters. The topological polar surface area (TPSA) is 0 Å². The van der Waals surface area contributed by atoms with Gasteiger partial charge in [0.2, 0.25) is 0 Å². The molecule has 80 valence electrons. The first-order chi connectivity index (χ1) is 6.29. The molecule has 1 aromatic rings. The largest absolute Gasteiger partial charge is 1.00 e. The Morgan fingerprint density at radius 2 is 1.69 bits per heavy atom. The van der Waals surface area contributed by atoms with E-state index in [-0.39, 0.29) is 86.1 Å². The molecular weight excluding hydrogens is 320 g/mol. The van der Waals surface area contributed by atoms with Crippen LogP contribution in [0.1, 0.15) is 38.2 Å². The number of rotatable bonds is 2. The van der Waals surface area contributed by atoms with Crippen LogP contribution in [-0.2, 0) is 27.3 Å². The Labute approximate surface area is 164 Å². The average molecular weight is 339 g/mol. The predicted octanol–water partition coefficient (Wildman–Crippen LogP) is 1.07. The van der Waals surface area contributed by atoms with Crippen LogP contribution >= 0.6 is 0 Å². The summed E-state index contributed by atoms with van der Waals surface area (Å²) in [5, 5.41) is 0. The first-order valence-corrected chi connectivity index (χ1v) is 5.11. The minimum atomic E-state index is 0. The van der Waals surface area contributed by atoms with E-state index in [4.69, 9.17) is 0 Å². The van der Waals surface area contributed by atoms with E-state index in [1.807, 2.05) is 12.1 Å². The van der Waals surface area contributed by atoms with Gasteiger partial charge in [0.05, 0.1) is 0 Å². The van der Waals surface area contributed by atoms with E-state index in [1.54, 1.807) is 0 Å². The molecule has 1 aliphatic carbocycles. The quantitative estimate of drug-likeness (QED) is 0.559. The maximum atomic E-state index is 3.05. The minimum Gasteiger partial charge on any atom is -0.358 e. The van der Waals surface area contributed by atoms with E-state index >= 15 is 0 Å². The van der Waals surface area contributed by atoms with E-state index in [9.17, 15) is 0 Å². The van der Waals surface area contributed by atoms with Gasteiger partial charge in [-0.05, 0) is 0 Å². The summed E-state index contributed by atoms with van der Waals surface area (Å²) in [5.41, 5.74) is 1.81. The van der Waals surface area contributed by atoms with Crippen molar-refractivity contribution in [1.29, 1.82) is 0 Å². The van der Waals surface area contributed by atoms with E-state index in [2.05, 4.69) is 31.5 Å². The Morgan fingerprint density at radius 1 is 1.19 bits per heavy atom. The molecule has 0 aromatic heterocycles. The predicted molar refractivity (Wildman–Crippen MR) is 61.7 cm³/mol. The average Bonchev–Trinajstić information content (AvgIpc) is 2.54. The molecule has 0 nitrogen and oxygen atoms in total. The molecule has 0 amide bonds. The first kappa shape index (κ1) is 20.0. The summed E-state index contributed by atoms with van der Waals surface area (Å²) >= 11 is 0. The van der Waals surface area contributed by atoms with Gasteiger partial charge < -0.3 is 7.43 Å². The van der Waals surface area contributed by atoms with Crippen molar-refractivity contribution in [3.63, 3.8) is 0 Å². The molecule has 16 heavy (non-hydrogen) atoms. The van der Waals surface area contributed by atoms with E-state index in [0.717, 1.165) is 0 Å². The van der Waals surface area contributed by atoms with Crippen molar-refractivity contribution in [2.75, 3.05) is 0 Å². The molecule has 1 aliphatic rings. The fourth-order valence-corrected chi connectivity index (χ4v) is 2.23. The molecule has 2 heteroatoms. The number of hydrogen-bond donors (Lipinski definition) is 0. The van der Waals surface area contributed by atoms with Gasteiger partial charge in [0.15, 0.2) is 0 Å². The van der Waals surface area contributed by atoms with Crippen LogP contribution in [0.5, 0.6) is 0 Å². The number of hydrogen-bond acceptors (Lipinski definition) is 0. The van der Waals surface area contributed by atoms with Crippen molar-refractivity contribution in [3.8, 4) is 0 Å². The molecule has 1 saturated carbocycles. The summed E-state index contributed by atoms with van der Waals surface area (Å²) in [4.78, 5) is 0. The Morgan fingerprint density at radius 3 is 2.19 bits per heavy atom. The zero-order valence-electron chi connectivity index (χ0n) is 10.9. The molecule has 0 unspecified atom stereocenters. The molecule has 0 aliphatic heterocycles. The smallest absolute Gasteiger partial charge is 0.358 e. The zero-order chi connectivity index (χ0) is 9.15. The molecule has 1 fully saturated rings. The maximum absolute atomic E-state index is 3.05. The maximum Gasteiger partial charge on any atom is 1.00 e. The monoisotopic (exact) mass is 340 g/mol. The van der Waals surface area contributed by atoms with Gasteiger partial charge in [0.1, 0.15) is 0 Å². The van der Waals surface area contributed by atoms with E-state index < -0.39 is 0 Å². The summed E-state index contributed by atoms with van der Waals surface area (Å²) in [6, 6.07) is 11.3. The summed E-state index contributed by atoms with van der Waals surface area (Å²) in [6.07, 6.45) is 7.92. The van der Waals surface area contributed by atoms with Gasteiger partial charge in [0, 0.05) is 27.3 Å². The van der Waals surface area contributed by atoms with Crippen LogP contribution in [0.25, 0.3) is 0 Å². The van der Waals surface area contributed by atoms with Gasteiger partial charge in [-0.2, -0.15) is 42.3 Å². The summed E-state index contributed by atoms with van der Waals surface area (Å²) in [7, 11) is 0. The SMILES string of the molecule is CC1([CH-]c2cc[c-]cc2)CCCC1.[CH3-].[Cd].[K+]. The third kappa shape index (κ3) is 6.00. The summed E-state index contributed by atoms with van der Waals surface area (Å²) in [5.74, 6) is 0. The van der Waals surface area contributed by atoms with Gasteiger partial charge in [-0.25, -0.2) is 0 Å². The molecule has 0 heterocycles. The number of benzene rings is 1. The van der Waals surface area contributed by atoms with Gasteiger partial charge in [0.25, 0.3) is 0 Å². The minimum absolute atomic E-state index is 0. The Hall–Kier alpha value is 1.65. The second-order valence-electron chi connectivity index (χ2n) is 4.34. The van der Waals surface area contributed by atoms with Crippen molar-refractivity contribution in [2.45, 2.75) is 32.6 Å². The van der Waals surface area contributed by atoms with E-state index in [0.29, 0.717) is 5.41 Å². The third-order valence-electron chi connectivity index (χ3n) is 3.00. The van der Waals surface area contributed by atoms with Crippen LogP contribution in [0.3, 0.4) is 0 Å².